The van der Waals surface area contributed by atoms with Crippen LogP contribution in [0, 0.1) is 13.8 Å². The zero-order valence-electron chi connectivity index (χ0n) is 19.2. The molecule has 182 valence electrons. The van der Waals surface area contributed by atoms with E-state index < -0.39 is 15.6 Å². The van der Waals surface area contributed by atoms with Gasteiger partial charge in [0.25, 0.3) is 5.16 Å². The van der Waals surface area contributed by atoms with Gasteiger partial charge in [-0.05, 0) is 43.2 Å². The molecule has 0 radical (unpaired) electrons. The molecule has 0 bridgehead atoms. The first-order valence-corrected chi connectivity index (χ1v) is 12.8. The highest BCUT2D eigenvalue weighted by Gasteiger charge is 2.30. The minimum atomic E-state index is -4.11. The molecule has 0 fully saturated rings. The van der Waals surface area contributed by atoms with Crippen molar-refractivity contribution in [1.29, 1.82) is 0 Å². The van der Waals surface area contributed by atoms with Crippen LogP contribution in [0.5, 0.6) is 0 Å². The monoisotopic (exact) mass is 523 g/mol. The molecule has 12 heteroatoms. The van der Waals surface area contributed by atoms with Gasteiger partial charge in [0, 0.05) is 28.0 Å². The van der Waals surface area contributed by atoms with Gasteiger partial charge < -0.3 is 4.52 Å². The number of halogens is 1. The number of para-hydroxylation sites is 1. The van der Waals surface area contributed by atoms with Crippen LogP contribution in [0.3, 0.4) is 0 Å². The fourth-order valence-electron chi connectivity index (χ4n) is 3.61. The summed E-state index contributed by atoms with van der Waals surface area (Å²) in [4.78, 5) is 4.29. The highest BCUT2D eigenvalue weighted by molar-refractivity contribution is 7.90. The lowest BCUT2D eigenvalue weighted by molar-refractivity contribution is -0.904. The van der Waals surface area contributed by atoms with E-state index in [4.69, 9.17) is 16.1 Å². The van der Waals surface area contributed by atoms with Crippen LogP contribution in [0.15, 0.2) is 76.7 Å². The molecule has 2 aromatic carbocycles. The lowest BCUT2D eigenvalue weighted by atomic mass is 10.1. The highest BCUT2D eigenvalue weighted by Crippen LogP contribution is 2.30. The Hall–Kier alpha value is -4.09. The zero-order chi connectivity index (χ0) is 25.4. The summed E-state index contributed by atoms with van der Waals surface area (Å²) >= 11 is 6.42. The zero-order valence-corrected chi connectivity index (χ0v) is 20.8. The second kappa shape index (κ2) is 9.17. The van der Waals surface area contributed by atoms with Crippen molar-refractivity contribution in [2.75, 3.05) is 0 Å². The molecular weight excluding hydrogens is 504 g/mol. The van der Waals surface area contributed by atoms with Crippen LogP contribution in [-0.4, -0.2) is 38.5 Å². The maximum atomic E-state index is 13.5. The van der Waals surface area contributed by atoms with Gasteiger partial charge in [-0.15, -0.1) is 10.2 Å². The molecule has 5 rings (SSSR count). The predicted molar refractivity (Wildman–Crippen MR) is 129 cm³/mol. The van der Waals surface area contributed by atoms with E-state index in [1.54, 1.807) is 36.4 Å². The van der Waals surface area contributed by atoms with E-state index >= 15 is 0 Å². The minimum absolute atomic E-state index is 0.0838. The number of benzene rings is 2. The van der Waals surface area contributed by atoms with Gasteiger partial charge in [-0.2, -0.15) is 4.98 Å². The Bertz CT molecular complexity index is 1680. The fraction of sp³-hybridized carbons (Fsp3) is 0.125. The van der Waals surface area contributed by atoms with Crippen molar-refractivity contribution in [2.24, 2.45) is 0 Å². The van der Waals surface area contributed by atoms with Crippen LogP contribution < -0.4 is 4.73 Å². The molecule has 0 saturated heterocycles. The van der Waals surface area contributed by atoms with Crippen LogP contribution in [0.25, 0.3) is 28.5 Å². The molecule has 1 N–H and O–H groups in total. The molecule has 0 saturated carbocycles. The number of pyridine rings is 1. The first-order valence-electron chi connectivity index (χ1n) is 10.8. The van der Waals surface area contributed by atoms with E-state index in [0.29, 0.717) is 16.3 Å². The van der Waals surface area contributed by atoms with Crippen LogP contribution in [-0.2, 0) is 15.6 Å². The molecule has 0 aliphatic carbocycles. The third-order valence-corrected chi connectivity index (χ3v) is 7.39. The Morgan fingerprint density at radius 1 is 1.00 bits per heavy atom. The first-order chi connectivity index (χ1) is 17.2. The second-order valence-electron chi connectivity index (χ2n) is 8.13. The number of aromatic nitrogens is 6. The van der Waals surface area contributed by atoms with E-state index in [9.17, 15) is 13.6 Å². The van der Waals surface area contributed by atoms with E-state index in [1.807, 2.05) is 32.0 Å². The number of hydrogen-bond acceptors (Lipinski definition) is 8. The Morgan fingerprint density at radius 3 is 2.47 bits per heavy atom. The van der Waals surface area contributed by atoms with Gasteiger partial charge in [0.15, 0.2) is 5.82 Å². The Morgan fingerprint density at radius 2 is 1.75 bits per heavy atom. The average molecular weight is 524 g/mol. The summed E-state index contributed by atoms with van der Waals surface area (Å²) in [6.07, 6.45) is 2.78. The molecule has 0 unspecified atom stereocenters. The maximum absolute atomic E-state index is 13.5. The summed E-state index contributed by atoms with van der Waals surface area (Å²) in [5.74, 6) is -0.153. The standard InChI is InChI=1S/C24H20ClN6O4S/c1-15-7-8-18(13-16(15)2)22-26-21(35-29-22)14-36(33,34)24-28-27-23(17-9-11-30(32)12-10-17)31(24)20-6-4-3-5-19(20)25/h3-13,32H,14H2,1-2H3/q+1. The van der Waals surface area contributed by atoms with Crippen molar-refractivity contribution in [3.63, 3.8) is 0 Å². The summed E-state index contributed by atoms with van der Waals surface area (Å²) in [6, 6.07) is 15.6. The van der Waals surface area contributed by atoms with Crippen molar-refractivity contribution >= 4 is 21.4 Å². The SMILES string of the molecule is Cc1ccc(-c2noc(CS(=O)(=O)c3nnc(-c4cc[n+](O)cc4)n3-c3ccccc3Cl)n2)cc1C. The van der Waals surface area contributed by atoms with Gasteiger partial charge >= 0.3 is 0 Å². The third kappa shape index (κ3) is 4.45. The lowest BCUT2D eigenvalue weighted by Gasteiger charge is -2.11. The van der Waals surface area contributed by atoms with Crippen LogP contribution in [0.2, 0.25) is 5.02 Å². The fourth-order valence-corrected chi connectivity index (χ4v) is 5.03. The molecule has 0 spiro atoms. The predicted octanol–water partition coefficient (Wildman–Crippen LogP) is 3.75. The molecule has 10 nitrogen and oxygen atoms in total. The Balaban J connectivity index is 1.56. The number of rotatable bonds is 6. The van der Waals surface area contributed by atoms with Crippen molar-refractivity contribution < 1.29 is 22.9 Å². The number of sulfone groups is 1. The molecule has 3 aromatic heterocycles. The number of nitrogens with zero attached hydrogens (tertiary/aromatic N) is 6. The van der Waals surface area contributed by atoms with E-state index in [1.165, 1.54) is 17.0 Å². The van der Waals surface area contributed by atoms with Crippen molar-refractivity contribution in [1.82, 2.24) is 24.9 Å². The largest absolute Gasteiger partial charge is 0.338 e. The smallest absolute Gasteiger partial charge is 0.255 e. The Kier molecular flexibility index (Phi) is 6.02. The second-order valence-corrected chi connectivity index (χ2v) is 10.4. The van der Waals surface area contributed by atoms with Crippen molar-refractivity contribution in [3.8, 4) is 28.5 Å². The average Bonchev–Trinajstić information content (AvgIpc) is 3.49. The molecule has 0 aliphatic heterocycles. The van der Waals surface area contributed by atoms with Gasteiger partial charge in [0.2, 0.25) is 33.9 Å². The van der Waals surface area contributed by atoms with Gasteiger partial charge in [-0.25, -0.2) is 8.42 Å². The van der Waals surface area contributed by atoms with Gasteiger partial charge in [0.05, 0.1) is 10.7 Å². The summed E-state index contributed by atoms with van der Waals surface area (Å²) in [7, 11) is -4.11. The molecule has 3 heterocycles. The minimum Gasteiger partial charge on any atom is -0.338 e. The van der Waals surface area contributed by atoms with E-state index in [-0.39, 0.29) is 22.7 Å². The number of aryl methyl sites for hydroxylation is 2. The van der Waals surface area contributed by atoms with Crippen LogP contribution >= 0.6 is 11.6 Å². The Labute approximate surface area is 211 Å². The lowest BCUT2D eigenvalue weighted by Crippen LogP contribution is -2.27. The quantitative estimate of drug-likeness (QED) is 0.263. The highest BCUT2D eigenvalue weighted by atomic mass is 35.5. The van der Waals surface area contributed by atoms with E-state index in [2.05, 4.69) is 20.3 Å². The molecule has 36 heavy (non-hydrogen) atoms. The summed E-state index contributed by atoms with van der Waals surface area (Å²) in [5, 5.41) is 21.6. The molecular formula is C24H20ClN6O4S+. The summed E-state index contributed by atoms with van der Waals surface area (Å²) < 4.78 is 34.5. The van der Waals surface area contributed by atoms with Gasteiger partial charge in [-0.3, -0.25) is 9.77 Å². The third-order valence-electron chi connectivity index (χ3n) is 5.62. The van der Waals surface area contributed by atoms with Crippen LogP contribution in [0.4, 0.5) is 0 Å². The maximum Gasteiger partial charge on any atom is 0.255 e. The molecule has 0 atom stereocenters. The molecule has 5 aromatic rings. The summed E-state index contributed by atoms with van der Waals surface area (Å²) in [6.45, 7) is 3.96. The van der Waals surface area contributed by atoms with Gasteiger partial charge in [0.1, 0.15) is 5.75 Å². The van der Waals surface area contributed by atoms with Gasteiger partial charge in [-0.1, -0.05) is 41.0 Å². The molecule has 0 aliphatic rings. The number of hydrogen-bond donors (Lipinski definition) is 1. The summed E-state index contributed by atoms with van der Waals surface area (Å²) in [5.41, 5.74) is 3.78. The van der Waals surface area contributed by atoms with Crippen molar-refractivity contribution in [2.45, 2.75) is 24.8 Å². The van der Waals surface area contributed by atoms with E-state index in [0.717, 1.165) is 21.4 Å². The molecule has 0 amide bonds. The van der Waals surface area contributed by atoms with Crippen LogP contribution in [0.1, 0.15) is 17.0 Å². The van der Waals surface area contributed by atoms with Crippen molar-refractivity contribution in [3.05, 3.63) is 89.0 Å². The normalized spacial score (nSPS) is 11.6. The topological polar surface area (TPSA) is 128 Å². The first kappa shape index (κ1) is 23.6.